The van der Waals surface area contributed by atoms with E-state index in [1.165, 1.54) is 6.92 Å². The Morgan fingerprint density at radius 3 is 2.36 bits per heavy atom. The highest BCUT2D eigenvalue weighted by Crippen LogP contribution is 2.32. The normalized spacial score (nSPS) is 12.7. The number of ether oxygens (including phenoxy) is 1. The first-order chi connectivity index (χ1) is 10.1. The molecule has 122 valence electrons. The number of carbonyl (C=O) groups is 2. The van der Waals surface area contributed by atoms with Gasteiger partial charge in [0.25, 0.3) is 0 Å². The topological polar surface area (TPSA) is 67.4 Å². The van der Waals surface area contributed by atoms with Crippen LogP contribution < -0.4 is 15.4 Å². The van der Waals surface area contributed by atoms with Crippen molar-refractivity contribution in [3.05, 3.63) is 24.3 Å². The summed E-state index contributed by atoms with van der Waals surface area (Å²) in [4.78, 5) is 22.8. The van der Waals surface area contributed by atoms with E-state index in [1.54, 1.807) is 38.1 Å². The highest BCUT2D eigenvalue weighted by molar-refractivity contribution is 6.68. The maximum absolute atomic E-state index is 11.8. The summed E-state index contributed by atoms with van der Waals surface area (Å²) >= 11 is 17.5. The molecule has 0 spiro atoms. The highest BCUT2D eigenvalue weighted by atomic mass is 35.6. The van der Waals surface area contributed by atoms with E-state index < -0.39 is 10.0 Å². The summed E-state index contributed by atoms with van der Waals surface area (Å²) < 4.78 is 3.69. The molecule has 22 heavy (non-hydrogen) atoms. The molecule has 5 nitrogen and oxygen atoms in total. The first-order valence-corrected chi connectivity index (χ1v) is 7.64. The number of hydrogen-bond acceptors (Lipinski definition) is 3. The van der Waals surface area contributed by atoms with Gasteiger partial charge in [0, 0.05) is 24.6 Å². The van der Waals surface area contributed by atoms with Crippen LogP contribution in [-0.4, -0.2) is 21.8 Å². The van der Waals surface area contributed by atoms with Gasteiger partial charge in [0.05, 0.1) is 0 Å². The number of carbonyl (C=O) groups excluding carboxylic acids is 2. The molecule has 1 rings (SSSR count). The van der Waals surface area contributed by atoms with Crippen molar-refractivity contribution >= 4 is 52.3 Å². The Morgan fingerprint density at radius 2 is 1.86 bits per heavy atom. The van der Waals surface area contributed by atoms with Gasteiger partial charge >= 0.3 is 0 Å². The molecule has 0 bridgehead atoms. The monoisotopic (exact) mass is 366 g/mol. The van der Waals surface area contributed by atoms with E-state index >= 15 is 0 Å². The van der Waals surface area contributed by atoms with Crippen molar-refractivity contribution in [1.82, 2.24) is 5.32 Å². The van der Waals surface area contributed by atoms with Gasteiger partial charge in [-0.2, -0.15) is 0 Å². The third-order valence-corrected chi connectivity index (χ3v) is 3.10. The van der Waals surface area contributed by atoms with Crippen LogP contribution in [0.5, 0.6) is 5.75 Å². The first-order valence-electron chi connectivity index (χ1n) is 6.51. The molecule has 2 N–H and O–H groups in total. The molecule has 1 unspecified atom stereocenters. The fourth-order valence-corrected chi connectivity index (χ4v) is 1.76. The van der Waals surface area contributed by atoms with Gasteiger partial charge < -0.3 is 15.4 Å². The van der Waals surface area contributed by atoms with Crippen molar-refractivity contribution in [3.8, 4) is 5.75 Å². The van der Waals surface area contributed by atoms with Gasteiger partial charge in [0.2, 0.25) is 21.8 Å². The predicted octanol–water partition coefficient (Wildman–Crippen LogP) is 3.49. The molecular weight excluding hydrogens is 351 g/mol. The van der Waals surface area contributed by atoms with Crippen molar-refractivity contribution in [3.63, 3.8) is 0 Å². The summed E-state index contributed by atoms with van der Waals surface area (Å²) in [6, 6.07) is 6.54. The lowest BCUT2D eigenvalue weighted by Gasteiger charge is -2.27. The fraction of sp³-hybridized carbons (Fsp3) is 0.429. The zero-order valence-corrected chi connectivity index (χ0v) is 14.6. The molecule has 0 aromatic heterocycles. The first kappa shape index (κ1) is 18.9. The highest BCUT2D eigenvalue weighted by Gasteiger charge is 2.36. The Hall–Kier alpha value is -1.17. The molecule has 2 amide bonds. The van der Waals surface area contributed by atoms with Crippen molar-refractivity contribution < 1.29 is 14.3 Å². The lowest BCUT2D eigenvalue weighted by atomic mass is 10.2. The predicted molar refractivity (Wildman–Crippen MR) is 88.4 cm³/mol. The zero-order valence-electron chi connectivity index (χ0n) is 12.3. The molecule has 0 aliphatic rings. The summed E-state index contributed by atoms with van der Waals surface area (Å²) in [5.74, 6) is -0.478. The largest absolute Gasteiger partial charge is 0.466 e. The van der Waals surface area contributed by atoms with Gasteiger partial charge in [0.1, 0.15) is 5.75 Å². The van der Waals surface area contributed by atoms with Crippen LogP contribution in [0.25, 0.3) is 0 Å². The fourth-order valence-electron chi connectivity index (χ4n) is 1.46. The van der Waals surface area contributed by atoms with Crippen LogP contribution in [0.1, 0.15) is 20.8 Å². The summed E-state index contributed by atoms with van der Waals surface area (Å²) in [5, 5.41) is 5.13. The van der Waals surface area contributed by atoms with E-state index in [9.17, 15) is 9.59 Å². The van der Waals surface area contributed by atoms with Crippen LogP contribution >= 0.6 is 34.8 Å². The van der Waals surface area contributed by atoms with Crippen LogP contribution in [0, 0.1) is 5.92 Å². The summed E-state index contributed by atoms with van der Waals surface area (Å²) in [6.45, 7) is 4.81. The average molecular weight is 368 g/mol. The van der Waals surface area contributed by atoms with Crippen LogP contribution in [0.15, 0.2) is 24.3 Å². The summed E-state index contributed by atoms with van der Waals surface area (Å²) in [5.41, 5.74) is 0.531. The van der Waals surface area contributed by atoms with E-state index in [0.29, 0.717) is 11.4 Å². The number of anilines is 1. The number of rotatable bonds is 5. The quantitative estimate of drug-likeness (QED) is 0.618. The molecule has 0 aliphatic heterocycles. The molecule has 8 heteroatoms. The van der Waals surface area contributed by atoms with E-state index in [-0.39, 0.29) is 17.7 Å². The maximum Gasteiger partial charge on any atom is 0.246 e. The Kier molecular flexibility index (Phi) is 6.78. The number of benzene rings is 1. The van der Waals surface area contributed by atoms with Crippen molar-refractivity contribution in [2.45, 2.75) is 30.8 Å². The molecule has 0 fully saturated rings. The second-order valence-electron chi connectivity index (χ2n) is 4.91. The van der Waals surface area contributed by atoms with Gasteiger partial charge in [-0.25, -0.2) is 0 Å². The lowest BCUT2D eigenvalue weighted by molar-refractivity contribution is -0.126. The molecule has 0 heterocycles. The standard InChI is InChI=1S/C14H17Cl3N2O3/c1-8(2)12(21)19-13(14(15,16)17)22-11-6-4-5-10(7-11)18-9(3)20/h4-8,13H,1-3H3,(H,18,20)(H,19,21). The average Bonchev–Trinajstić information content (AvgIpc) is 2.36. The van der Waals surface area contributed by atoms with Gasteiger partial charge in [-0.1, -0.05) is 54.7 Å². The van der Waals surface area contributed by atoms with Gasteiger partial charge in [-0.3, -0.25) is 9.59 Å². The molecule has 0 radical (unpaired) electrons. The summed E-state index contributed by atoms with van der Waals surface area (Å²) in [7, 11) is 0. The minimum atomic E-state index is -1.85. The Balaban J connectivity index is 2.90. The van der Waals surface area contributed by atoms with E-state index in [0.717, 1.165) is 0 Å². The van der Waals surface area contributed by atoms with Crippen molar-refractivity contribution in [2.75, 3.05) is 5.32 Å². The van der Waals surface area contributed by atoms with Crippen molar-refractivity contribution in [2.24, 2.45) is 5.92 Å². The lowest BCUT2D eigenvalue weighted by Crippen LogP contribution is -2.49. The van der Waals surface area contributed by atoms with Crippen LogP contribution in [0.2, 0.25) is 0 Å². The molecule has 0 saturated heterocycles. The van der Waals surface area contributed by atoms with E-state index in [4.69, 9.17) is 39.5 Å². The van der Waals surface area contributed by atoms with Gasteiger partial charge in [-0.05, 0) is 12.1 Å². The van der Waals surface area contributed by atoms with Crippen molar-refractivity contribution in [1.29, 1.82) is 0 Å². The Bertz CT molecular complexity index is 544. The third-order valence-electron chi connectivity index (χ3n) is 2.50. The van der Waals surface area contributed by atoms with Crippen LogP contribution in [0.3, 0.4) is 0 Å². The zero-order chi connectivity index (χ0) is 16.9. The SMILES string of the molecule is CC(=O)Nc1cccc(OC(NC(=O)C(C)C)C(Cl)(Cl)Cl)c1. The van der Waals surface area contributed by atoms with Gasteiger partial charge in [-0.15, -0.1) is 0 Å². The number of nitrogens with one attached hydrogen (secondary N) is 2. The minimum Gasteiger partial charge on any atom is -0.466 e. The van der Waals surface area contributed by atoms with Gasteiger partial charge in [0.15, 0.2) is 0 Å². The van der Waals surface area contributed by atoms with Crippen LogP contribution in [-0.2, 0) is 9.59 Å². The number of alkyl halides is 3. The minimum absolute atomic E-state index is 0.219. The Morgan fingerprint density at radius 1 is 1.23 bits per heavy atom. The summed E-state index contributed by atoms with van der Waals surface area (Å²) in [6.07, 6.45) is -1.17. The Labute approximate surface area is 144 Å². The molecule has 1 aromatic carbocycles. The molecule has 1 aromatic rings. The number of amides is 2. The molecule has 0 aliphatic carbocycles. The second-order valence-corrected chi connectivity index (χ2v) is 7.28. The van der Waals surface area contributed by atoms with E-state index in [2.05, 4.69) is 10.6 Å². The molecule has 0 saturated carbocycles. The maximum atomic E-state index is 11.8. The van der Waals surface area contributed by atoms with Crippen LogP contribution in [0.4, 0.5) is 5.69 Å². The number of halogens is 3. The molecule has 1 atom stereocenters. The second kappa shape index (κ2) is 7.90. The smallest absolute Gasteiger partial charge is 0.246 e. The van der Waals surface area contributed by atoms with E-state index in [1.807, 2.05) is 0 Å². The number of hydrogen-bond donors (Lipinski definition) is 2. The molecular formula is C14H17Cl3N2O3. The third kappa shape index (κ3) is 6.30.